The third kappa shape index (κ3) is 3.93. The highest BCUT2D eigenvalue weighted by Crippen LogP contribution is 2.47. The van der Waals surface area contributed by atoms with Gasteiger partial charge in [0.05, 0.1) is 14.2 Å². The normalized spacial score (nSPS) is 18.8. The number of nitrogens with zero attached hydrogens (tertiary/aromatic N) is 1. The van der Waals surface area contributed by atoms with Crippen LogP contribution in [-0.4, -0.2) is 32.1 Å². The van der Waals surface area contributed by atoms with Crippen molar-refractivity contribution < 1.29 is 18.7 Å². The van der Waals surface area contributed by atoms with E-state index in [1.165, 1.54) is 12.5 Å². The molecule has 0 N–H and O–H groups in total. The Hall–Kier alpha value is -2.69. The summed E-state index contributed by atoms with van der Waals surface area (Å²) < 4.78 is 16.5. The van der Waals surface area contributed by atoms with Gasteiger partial charge in [0.2, 0.25) is 5.91 Å². The summed E-state index contributed by atoms with van der Waals surface area (Å²) in [5, 5.41) is 0. The van der Waals surface area contributed by atoms with E-state index >= 15 is 0 Å². The number of rotatable bonds is 7. The lowest BCUT2D eigenvalue weighted by molar-refractivity contribution is -0.125. The van der Waals surface area contributed by atoms with E-state index in [0.717, 1.165) is 11.3 Å². The lowest BCUT2D eigenvalue weighted by Gasteiger charge is -2.18. The first-order valence-corrected chi connectivity index (χ1v) is 8.76. The first kappa shape index (κ1) is 18.1. The smallest absolute Gasteiger partial charge is 0.246 e. The minimum absolute atomic E-state index is 0.104. The maximum absolute atomic E-state index is 12.4. The lowest BCUT2D eigenvalue weighted by atomic mass is 10.1. The molecule has 0 spiro atoms. The monoisotopic (exact) mass is 355 g/mol. The molecule has 1 aliphatic carbocycles. The lowest BCUT2D eigenvalue weighted by Crippen LogP contribution is -2.24. The summed E-state index contributed by atoms with van der Waals surface area (Å²) in [7, 11) is 4.95. The van der Waals surface area contributed by atoms with Crippen molar-refractivity contribution in [1.82, 2.24) is 4.90 Å². The minimum atomic E-state index is -0.104. The predicted octanol–water partition coefficient (Wildman–Crippen LogP) is 4.09. The van der Waals surface area contributed by atoms with Gasteiger partial charge >= 0.3 is 0 Å². The topological polar surface area (TPSA) is 51.9 Å². The molecule has 5 heteroatoms. The largest absolute Gasteiger partial charge is 0.493 e. The highest BCUT2D eigenvalue weighted by molar-refractivity contribution is 5.91. The highest BCUT2D eigenvalue weighted by Gasteiger charge is 2.36. The number of hydrogen-bond donors (Lipinski definition) is 0. The van der Waals surface area contributed by atoms with Crippen molar-refractivity contribution >= 4 is 12.0 Å². The highest BCUT2D eigenvalue weighted by atomic mass is 16.5. The van der Waals surface area contributed by atoms with E-state index in [1.807, 2.05) is 30.3 Å². The molecule has 0 aliphatic heterocycles. The van der Waals surface area contributed by atoms with Crippen molar-refractivity contribution in [2.75, 3.05) is 21.3 Å². The van der Waals surface area contributed by atoms with Crippen LogP contribution in [0.4, 0.5) is 0 Å². The second-order valence-corrected chi connectivity index (χ2v) is 6.74. The first-order chi connectivity index (χ1) is 12.5. The standard InChI is InChI=1S/C21H25NO4/c1-14-12-17(14)18-10-8-16(26-18)9-11-20(23)22(2)13-15-6-5-7-19(24-3)21(15)25-4/h5-11,14,17H,12-13H2,1-4H3. The molecule has 1 aromatic carbocycles. The molecule has 3 rings (SSSR count). The zero-order valence-corrected chi connectivity index (χ0v) is 15.7. The summed E-state index contributed by atoms with van der Waals surface area (Å²) >= 11 is 0. The number of carbonyl (C=O) groups is 1. The fourth-order valence-corrected chi connectivity index (χ4v) is 3.07. The Morgan fingerprint density at radius 2 is 2.04 bits per heavy atom. The van der Waals surface area contributed by atoms with Crippen LogP contribution in [0.15, 0.2) is 40.8 Å². The van der Waals surface area contributed by atoms with Crippen LogP contribution in [0.2, 0.25) is 0 Å². The zero-order valence-electron chi connectivity index (χ0n) is 15.7. The quantitative estimate of drug-likeness (QED) is 0.702. The number of ether oxygens (including phenoxy) is 2. The van der Waals surface area contributed by atoms with Crippen molar-refractivity contribution in [1.29, 1.82) is 0 Å². The van der Waals surface area contributed by atoms with E-state index in [-0.39, 0.29) is 5.91 Å². The fraction of sp³-hybridized carbons (Fsp3) is 0.381. The summed E-state index contributed by atoms with van der Waals surface area (Å²) in [5.74, 6) is 4.15. The molecule has 1 fully saturated rings. The molecule has 1 amide bonds. The SMILES string of the molecule is COc1cccc(CN(C)C(=O)C=Cc2ccc(C3CC3C)o2)c1OC. The third-order valence-corrected chi connectivity index (χ3v) is 4.78. The number of methoxy groups -OCH3 is 2. The summed E-state index contributed by atoms with van der Waals surface area (Å²) in [6.45, 7) is 2.64. The number of furan rings is 1. The van der Waals surface area contributed by atoms with Crippen LogP contribution in [0.25, 0.3) is 6.08 Å². The molecule has 2 aromatic rings. The van der Waals surface area contributed by atoms with Crippen LogP contribution < -0.4 is 9.47 Å². The molecular formula is C21H25NO4. The number of likely N-dealkylation sites (N-methyl/N-ethyl adjacent to an activating group) is 1. The third-order valence-electron chi connectivity index (χ3n) is 4.78. The minimum Gasteiger partial charge on any atom is -0.493 e. The number of carbonyl (C=O) groups excluding carboxylic acids is 1. The van der Waals surface area contributed by atoms with Gasteiger partial charge in [0, 0.05) is 31.1 Å². The molecule has 138 valence electrons. The van der Waals surface area contributed by atoms with E-state index in [4.69, 9.17) is 13.9 Å². The van der Waals surface area contributed by atoms with Crippen molar-refractivity contribution in [2.45, 2.75) is 25.8 Å². The molecule has 5 nitrogen and oxygen atoms in total. The molecular weight excluding hydrogens is 330 g/mol. The molecule has 0 radical (unpaired) electrons. The van der Waals surface area contributed by atoms with Gasteiger partial charge < -0.3 is 18.8 Å². The van der Waals surface area contributed by atoms with Crippen molar-refractivity contribution in [3.8, 4) is 11.5 Å². The Labute approximate surface area is 154 Å². The average Bonchev–Trinajstić information content (AvgIpc) is 3.19. The van der Waals surface area contributed by atoms with Gasteiger partial charge in [0.25, 0.3) is 0 Å². The van der Waals surface area contributed by atoms with Crippen molar-refractivity contribution in [2.24, 2.45) is 5.92 Å². The van der Waals surface area contributed by atoms with Crippen LogP contribution in [0.5, 0.6) is 11.5 Å². The zero-order chi connectivity index (χ0) is 18.7. The molecule has 1 saturated carbocycles. The molecule has 2 atom stereocenters. The first-order valence-electron chi connectivity index (χ1n) is 8.76. The molecule has 1 heterocycles. The average molecular weight is 355 g/mol. The maximum atomic E-state index is 12.4. The molecule has 2 unspecified atom stereocenters. The Balaban J connectivity index is 1.64. The van der Waals surface area contributed by atoms with Gasteiger partial charge in [0.1, 0.15) is 11.5 Å². The predicted molar refractivity (Wildman–Crippen MR) is 100 cm³/mol. The van der Waals surface area contributed by atoms with Crippen molar-refractivity contribution in [3.63, 3.8) is 0 Å². The summed E-state index contributed by atoms with van der Waals surface area (Å²) in [6, 6.07) is 9.55. The second kappa shape index (κ2) is 7.68. The van der Waals surface area contributed by atoms with Gasteiger partial charge in [0.15, 0.2) is 11.5 Å². The van der Waals surface area contributed by atoms with Crippen LogP contribution in [0.1, 0.15) is 36.3 Å². The number of amides is 1. The van der Waals surface area contributed by atoms with E-state index in [1.54, 1.807) is 32.2 Å². The number of para-hydroxylation sites is 1. The van der Waals surface area contributed by atoms with Crippen LogP contribution in [0.3, 0.4) is 0 Å². The van der Waals surface area contributed by atoms with Gasteiger partial charge in [-0.05, 0) is 36.6 Å². The summed E-state index contributed by atoms with van der Waals surface area (Å²) in [4.78, 5) is 14.0. The molecule has 0 saturated heterocycles. The molecule has 0 bridgehead atoms. The Morgan fingerprint density at radius 1 is 1.27 bits per heavy atom. The van der Waals surface area contributed by atoms with Gasteiger partial charge in [-0.2, -0.15) is 0 Å². The summed E-state index contributed by atoms with van der Waals surface area (Å²) in [5.41, 5.74) is 0.888. The van der Waals surface area contributed by atoms with E-state index in [2.05, 4.69) is 6.92 Å². The molecule has 26 heavy (non-hydrogen) atoms. The maximum Gasteiger partial charge on any atom is 0.246 e. The Bertz CT molecular complexity index is 808. The van der Waals surface area contributed by atoms with Gasteiger partial charge in [-0.15, -0.1) is 0 Å². The van der Waals surface area contributed by atoms with E-state index in [0.29, 0.717) is 35.6 Å². The van der Waals surface area contributed by atoms with Crippen LogP contribution in [0, 0.1) is 5.92 Å². The van der Waals surface area contributed by atoms with Crippen LogP contribution >= 0.6 is 0 Å². The van der Waals surface area contributed by atoms with E-state index in [9.17, 15) is 4.79 Å². The van der Waals surface area contributed by atoms with Crippen LogP contribution in [-0.2, 0) is 11.3 Å². The molecule has 1 aromatic heterocycles. The molecule has 1 aliphatic rings. The number of hydrogen-bond acceptors (Lipinski definition) is 4. The second-order valence-electron chi connectivity index (χ2n) is 6.74. The van der Waals surface area contributed by atoms with Gasteiger partial charge in [-0.1, -0.05) is 19.1 Å². The van der Waals surface area contributed by atoms with Crippen molar-refractivity contribution in [3.05, 3.63) is 53.5 Å². The fourth-order valence-electron chi connectivity index (χ4n) is 3.07. The Kier molecular flexibility index (Phi) is 5.35. The van der Waals surface area contributed by atoms with Gasteiger partial charge in [-0.3, -0.25) is 4.79 Å². The number of benzene rings is 1. The summed E-state index contributed by atoms with van der Waals surface area (Å²) in [6.07, 6.45) is 4.44. The van der Waals surface area contributed by atoms with E-state index < -0.39 is 0 Å². The van der Waals surface area contributed by atoms with Gasteiger partial charge in [-0.25, -0.2) is 0 Å². The Morgan fingerprint density at radius 3 is 2.69 bits per heavy atom.